The van der Waals surface area contributed by atoms with Crippen LogP contribution in [0.5, 0.6) is 0 Å². The van der Waals surface area contributed by atoms with Crippen LogP contribution >= 0.6 is 23.1 Å². The summed E-state index contributed by atoms with van der Waals surface area (Å²) in [5.74, 6) is -0.247. The molecule has 2 rings (SSSR count). The standard InChI is InChI=1S/C16H18N2O2S2/c1-2-18(10-12-6-5-9-21-12)16(20)13-7-3-4-8-14(13)22-11-15(17)19/h3-9H,2,10-11H2,1H3,(H2,17,19). The SMILES string of the molecule is CCN(Cc1cccs1)C(=O)c1ccccc1SCC(N)=O. The van der Waals surface area contributed by atoms with Gasteiger partial charge in [0.1, 0.15) is 0 Å². The van der Waals surface area contributed by atoms with Gasteiger partial charge in [0.15, 0.2) is 0 Å². The van der Waals surface area contributed by atoms with Gasteiger partial charge in [-0.2, -0.15) is 0 Å². The minimum Gasteiger partial charge on any atom is -0.369 e. The fourth-order valence-corrected chi connectivity index (χ4v) is 3.51. The predicted molar refractivity (Wildman–Crippen MR) is 91.1 cm³/mol. The van der Waals surface area contributed by atoms with Gasteiger partial charge in [0.2, 0.25) is 5.91 Å². The number of carbonyl (C=O) groups excluding carboxylic acids is 2. The smallest absolute Gasteiger partial charge is 0.255 e. The average Bonchev–Trinajstić information content (AvgIpc) is 3.03. The summed E-state index contributed by atoms with van der Waals surface area (Å²) >= 11 is 2.94. The van der Waals surface area contributed by atoms with Crippen molar-refractivity contribution < 1.29 is 9.59 Å². The molecule has 0 radical (unpaired) electrons. The zero-order valence-corrected chi connectivity index (χ0v) is 14.0. The molecule has 4 nitrogen and oxygen atoms in total. The Morgan fingerprint density at radius 2 is 2.00 bits per heavy atom. The molecule has 2 N–H and O–H groups in total. The lowest BCUT2D eigenvalue weighted by molar-refractivity contribution is -0.115. The van der Waals surface area contributed by atoms with Crippen molar-refractivity contribution in [2.24, 2.45) is 5.73 Å². The second kappa shape index (κ2) is 8.00. The summed E-state index contributed by atoms with van der Waals surface area (Å²) < 4.78 is 0. The van der Waals surface area contributed by atoms with Crippen LogP contribution in [-0.4, -0.2) is 29.0 Å². The molecule has 0 aliphatic heterocycles. The highest BCUT2D eigenvalue weighted by molar-refractivity contribution is 8.00. The van der Waals surface area contributed by atoms with Gasteiger partial charge in [-0.25, -0.2) is 0 Å². The van der Waals surface area contributed by atoms with Gasteiger partial charge < -0.3 is 10.6 Å². The summed E-state index contributed by atoms with van der Waals surface area (Å²) in [6.07, 6.45) is 0. The molecule has 0 bridgehead atoms. The number of primary amides is 1. The number of hydrogen-bond donors (Lipinski definition) is 1. The van der Waals surface area contributed by atoms with Gasteiger partial charge in [-0.05, 0) is 30.5 Å². The number of amides is 2. The van der Waals surface area contributed by atoms with E-state index in [1.165, 1.54) is 11.8 Å². The summed E-state index contributed by atoms with van der Waals surface area (Å²) in [7, 11) is 0. The van der Waals surface area contributed by atoms with Gasteiger partial charge in [-0.3, -0.25) is 9.59 Å². The maximum atomic E-state index is 12.8. The molecule has 0 spiro atoms. The Kier molecular flexibility index (Phi) is 6.03. The number of thioether (sulfide) groups is 1. The molecule has 2 amide bonds. The van der Waals surface area contributed by atoms with Crippen molar-refractivity contribution in [2.75, 3.05) is 12.3 Å². The van der Waals surface area contributed by atoms with E-state index in [2.05, 4.69) is 0 Å². The van der Waals surface area contributed by atoms with E-state index >= 15 is 0 Å². The van der Waals surface area contributed by atoms with Crippen LogP contribution in [0.15, 0.2) is 46.7 Å². The molecule has 0 aliphatic rings. The highest BCUT2D eigenvalue weighted by atomic mass is 32.2. The van der Waals surface area contributed by atoms with E-state index in [-0.39, 0.29) is 11.7 Å². The van der Waals surface area contributed by atoms with Gasteiger partial charge in [-0.1, -0.05) is 18.2 Å². The maximum absolute atomic E-state index is 12.8. The van der Waals surface area contributed by atoms with Crippen LogP contribution in [0, 0.1) is 0 Å². The van der Waals surface area contributed by atoms with Gasteiger partial charge >= 0.3 is 0 Å². The van der Waals surface area contributed by atoms with Crippen LogP contribution in [-0.2, 0) is 11.3 Å². The third-order valence-electron chi connectivity index (χ3n) is 3.08. The number of nitrogens with zero attached hydrogens (tertiary/aromatic N) is 1. The molecule has 0 aliphatic carbocycles. The third-order valence-corrected chi connectivity index (χ3v) is 5.04. The quantitative estimate of drug-likeness (QED) is 0.792. The van der Waals surface area contributed by atoms with Crippen molar-refractivity contribution in [3.8, 4) is 0 Å². The lowest BCUT2D eigenvalue weighted by Crippen LogP contribution is -2.30. The number of carbonyl (C=O) groups is 2. The Hall–Kier alpha value is -1.79. The number of nitrogens with two attached hydrogens (primary N) is 1. The topological polar surface area (TPSA) is 63.4 Å². The van der Waals surface area contributed by atoms with E-state index in [9.17, 15) is 9.59 Å². The Bertz CT molecular complexity index is 641. The first-order valence-electron chi connectivity index (χ1n) is 6.93. The lowest BCUT2D eigenvalue weighted by atomic mass is 10.2. The van der Waals surface area contributed by atoms with Crippen molar-refractivity contribution in [3.05, 3.63) is 52.2 Å². The first-order valence-corrected chi connectivity index (χ1v) is 8.80. The van der Waals surface area contributed by atoms with E-state index in [1.807, 2.05) is 42.6 Å². The fraction of sp³-hybridized carbons (Fsp3) is 0.250. The van der Waals surface area contributed by atoms with E-state index in [1.54, 1.807) is 22.3 Å². The van der Waals surface area contributed by atoms with Gasteiger partial charge in [0.25, 0.3) is 5.91 Å². The van der Waals surface area contributed by atoms with Crippen molar-refractivity contribution in [1.29, 1.82) is 0 Å². The fourth-order valence-electron chi connectivity index (χ4n) is 2.01. The first-order chi connectivity index (χ1) is 10.6. The zero-order valence-electron chi connectivity index (χ0n) is 12.3. The van der Waals surface area contributed by atoms with Gasteiger partial charge in [0.05, 0.1) is 17.9 Å². The summed E-state index contributed by atoms with van der Waals surface area (Å²) in [6.45, 7) is 3.19. The van der Waals surface area contributed by atoms with E-state index in [0.29, 0.717) is 18.7 Å². The van der Waals surface area contributed by atoms with Crippen molar-refractivity contribution in [2.45, 2.75) is 18.4 Å². The molecule has 6 heteroatoms. The van der Waals surface area contributed by atoms with Crippen molar-refractivity contribution >= 4 is 34.9 Å². The molecule has 0 fully saturated rings. The lowest BCUT2D eigenvalue weighted by Gasteiger charge is -2.21. The maximum Gasteiger partial charge on any atom is 0.255 e. The second-order valence-electron chi connectivity index (χ2n) is 4.65. The Morgan fingerprint density at radius 3 is 2.64 bits per heavy atom. The van der Waals surface area contributed by atoms with Crippen LogP contribution < -0.4 is 5.73 Å². The van der Waals surface area contributed by atoms with Gasteiger partial charge in [0, 0.05) is 16.3 Å². The molecular weight excluding hydrogens is 316 g/mol. The second-order valence-corrected chi connectivity index (χ2v) is 6.70. The first kappa shape index (κ1) is 16.6. The Labute approximate surface area is 138 Å². The Balaban J connectivity index is 2.17. The number of rotatable bonds is 7. The number of hydrogen-bond acceptors (Lipinski definition) is 4. The van der Waals surface area contributed by atoms with E-state index in [0.717, 1.165) is 9.77 Å². The molecular formula is C16H18N2O2S2. The molecule has 1 aromatic carbocycles. The number of benzene rings is 1. The highest BCUT2D eigenvalue weighted by Gasteiger charge is 2.18. The Morgan fingerprint density at radius 1 is 1.23 bits per heavy atom. The van der Waals surface area contributed by atoms with Crippen LogP contribution in [0.2, 0.25) is 0 Å². The molecule has 0 saturated carbocycles. The minimum absolute atomic E-state index is 0.0246. The third kappa shape index (κ3) is 4.35. The largest absolute Gasteiger partial charge is 0.369 e. The van der Waals surface area contributed by atoms with E-state index < -0.39 is 5.91 Å². The molecule has 2 aromatic rings. The predicted octanol–water partition coefficient (Wildman–Crippen LogP) is 2.99. The van der Waals surface area contributed by atoms with Crippen molar-refractivity contribution in [3.63, 3.8) is 0 Å². The molecule has 0 atom stereocenters. The zero-order chi connectivity index (χ0) is 15.9. The average molecular weight is 334 g/mol. The molecule has 22 heavy (non-hydrogen) atoms. The number of thiophene rings is 1. The highest BCUT2D eigenvalue weighted by Crippen LogP contribution is 2.24. The summed E-state index contributed by atoms with van der Waals surface area (Å²) in [6, 6.07) is 11.3. The minimum atomic E-state index is -0.391. The van der Waals surface area contributed by atoms with Gasteiger partial charge in [-0.15, -0.1) is 23.1 Å². The van der Waals surface area contributed by atoms with Crippen LogP contribution in [0.4, 0.5) is 0 Å². The van der Waals surface area contributed by atoms with Crippen LogP contribution in [0.3, 0.4) is 0 Å². The summed E-state index contributed by atoms with van der Waals surface area (Å²) in [4.78, 5) is 27.5. The van der Waals surface area contributed by atoms with E-state index in [4.69, 9.17) is 5.73 Å². The molecule has 1 heterocycles. The summed E-state index contributed by atoms with van der Waals surface area (Å²) in [5, 5.41) is 2.00. The van der Waals surface area contributed by atoms with Crippen molar-refractivity contribution in [1.82, 2.24) is 4.90 Å². The van der Waals surface area contributed by atoms with Crippen LogP contribution in [0.25, 0.3) is 0 Å². The molecule has 0 unspecified atom stereocenters. The normalized spacial score (nSPS) is 10.4. The monoisotopic (exact) mass is 334 g/mol. The van der Waals surface area contributed by atoms with Crippen LogP contribution in [0.1, 0.15) is 22.2 Å². The molecule has 0 saturated heterocycles. The summed E-state index contributed by atoms with van der Waals surface area (Å²) in [5.41, 5.74) is 5.81. The molecule has 1 aromatic heterocycles. The molecule has 116 valence electrons.